The maximum absolute atomic E-state index is 12.5. The highest BCUT2D eigenvalue weighted by Gasteiger charge is 2.21. The second-order valence-electron chi connectivity index (χ2n) is 4.84. The van der Waals surface area contributed by atoms with Crippen LogP contribution in [0.4, 0.5) is 5.82 Å². The van der Waals surface area contributed by atoms with Gasteiger partial charge < -0.3 is 15.5 Å². The van der Waals surface area contributed by atoms with Gasteiger partial charge in [0.1, 0.15) is 5.82 Å². The van der Waals surface area contributed by atoms with Crippen molar-refractivity contribution in [2.24, 2.45) is 0 Å². The Morgan fingerprint density at radius 2 is 2.30 bits per heavy atom. The lowest BCUT2D eigenvalue weighted by atomic mass is 10.2. The number of aromatic nitrogens is 1. The number of nitrogens with zero attached hydrogens (tertiary/aromatic N) is 2. The fourth-order valence-electron chi connectivity index (χ4n) is 2.23. The van der Waals surface area contributed by atoms with Crippen LogP contribution in [0.1, 0.15) is 29.4 Å². The topological polar surface area (TPSA) is 74.3 Å². The summed E-state index contributed by atoms with van der Waals surface area (Å²) in [7, 11) is 0. The summed E-state index contributed by atoms with van der Waals surface area (Å²) in [5.74, 6) is 0.468. The molecule has 0 atom stereocenters. The van der Waals surface area contributed by atoms with Crippen LogP contribution in [0.3, 0.4) is 0 Å². The van der Waals surface area contributed by atoms with Crippen molar-refractivity contribution in [2.45, 2.75) is 20.3 Å². The standard InChI is InChI=1S/C14H20N4O2/c1-3-15-12-8-11(7-10(2)17-12)14(20)18-6-4-5-16-13(19)9-18/h7-8H,3-6,9H2,1-2H3,(H,15,17)(H,16,19). The zero-order chi connectivity index (χ0) is 14.5. The van der Waals surface area contributed by atoms with Crippen LogP contribution in [-0.2, 0) is 4.79 Å². The van der Waals surface area contributed by atoms with Crippen molar-refractivity contribution in [2.75, 3.05) is 31.5 Å². The summed E-state index contributed by atoms with van der Waals surface area (Å²) in [4.78, 5) is 29.9. The van der Waals surface area contributed by atoms with E-state index in [1.54, 1.807) is 17.0 Å². The molecule has 0 aliphatic carbocycles. The van der Waals surface area contributed by atoms with Crippen molar-refractivity contribution < 1.29 is 9.59 Å². The molecule has 0 unspecified atom stereocenters. The van der Waals surface area contributed by atoms with Gasteiger partial charge in [0.15, 0.2) is 0 Å². The van der Waals surface area contributed by atoms with Crippen LogP contribution >= 0.6 is 0 Å². The molecule has 2 rings (SSSR count). The Kier molecular flexibility index (Phi) is 4.55. The summed E-state index contributed by atoms with van der Waals surface area (Å²) in [6.07, 6.45) is 0.779. The molecule has 0 radical (unpaired) electrons. The molecule has 2 heterocycles. The van der Waals surface area contributed by atoms with E-state index in [0.29, 0.717) is 24.5 Å². The lowest BCUT2D eigenvalue weighted by Crippen LogP contribution is -2.37. The molecular formula is C14H20N4O2. The maximum atomic E-state index is 12.5. The van der Waals surface area contributed by atoms with E-state index in [2.05, 4.69) is 15.6 Å². The minimum Gasteiger partial charge on any atom is -0.370 e. The van der Waals surface area contributed by atoms with E-state index in [4.69, 9.17) is 0 Å². The van der Waals surface area contributed by atoms with Gasteiger partial charge in [-0.15, -0.1) is 0 Å². The van der Waals surface area contributed by atoms with Crippen molar-refractivity contribution in [3.05, 3.63) is 23.4 Å². The number of hydrogen-bond acceptors (Lipinski definition) is 4. The van der Waals surface area contributed by atoms with Gasteiger partial charge >= 0.3 is 0 Å². The second kappa shape index (κ2) is 6.36. The Morgan fingerprint density at radius 1 is 1.50 bits per heavy atom. The van der Waals surface area contributed by atoms with E-state index < -0.39 is 0 Å². The van der Waals surface area contributed by atoms with Gasteiger partial charge in [-0.1, -0.05) is 0 Å². The molecule has 0 aromatic carbocycles. The van der Waals surface area contributed by atoms with E-state index in [0.717, 1.165) is 18.7 Å². The van der Waals surface area contributed by atoms with E-state index in [-0.39, 0.29) is 18.4 Å². The van der Waals surface area contributed by atoms with Crippen molar-refractivity contribution in [3.8, 4) is 0 Å². The second-order valence-corrected chi connectivity index (χ2v) is 4.84. The van der Waals surface area contributed by atoms with Gasteiger partial charge in [0, 0.05) is 30.9 Å². The summed E-state index contributed by atoms with van der Waals surface area (Å²) in [5.41, 5.74) is 1.36. The molecule has 0 bridgehead atoms. The first-order valence-electron chi connectivity index (χ1n) is 6.88. The van der Waals surface area contributed by atoms with E-state index in [9.17, 15) is 9.59 Å². The first-order chi connectivity index (χ1) is 9.60. The average molecular weight is 276 g/mol. The van der Waals surface area contributed by atoms with Crippen LogP contribution in [0.2, 0.25) is 0 Å². The lowest BCUT2D eigenvalue weighted by molar-refractivity contribution is -0.121. The van der Waals surface area contributed by atoms with E-state index >= 15 is 0 Å². The van der Waals surface area contributed by atoms with Crippen LogP contribution < -0.4 is 10.6 Å². The minimum atomic E-state index is -0.119. The molecule has 1 saturated heterocycles. The monoisotopic (exact) mass is 276 g/mol. The molecule has 20 heavy (non-hydrogen) atoms. The summed E-state index contributed by atoms with van der Waals surface area (Å²) in [6.45, 7) is 5.92. The third-order valence-corrected chi connectivity index (χ3v) is 3.11. The number of aryl methyl sites for hydroxylation is 1. The third-order valence-electron chi connectivity index (χ3n) is 3.11. The molecule has 2 amide bonds. The summed E-state index contributed by atoms with van der Waals surface area (Å²) < 4.78 is 0. The van der Waals surface area contributed by atoms with Gasteiger partial charge in [-0.2, -0.15) is 0 Å². The molecule has 108 valence electrons. The SMILES string of the molecule is CCNc1cc(C(=O)N2CCCNC(=O)C2)cc(C)n1. The normalized spacial score (nSPS) is 15.5. The van der Waals surface area contributed by atoms with Crippen molar-refractivity contribution >= 4 is 17.6 Å². The molecule has 2 N–H and O–H groups in total. The molecule has 1 aliphatic heterocycles. The predicted molar refractivity (Wildman–Crippen MR) is 76.7 cm³/mol. The van der Waals surface area contributed by atoms with Gasteiger partial charge in [-0.3, -0.25) is 9.59 Å². The first kappa shape index (κ1) is 14.3. The molecule has 1 aromatic heterocycles. The molecular weight excluding hydrogens is 256 g/mol. The predicted octanol–water partition coefficient (Wildman–Crippen LogP) is 0.784. The number of nitrogens with one attached hydrogen (secondary N) is 2. The number of amides is 2. The van der Waals surface area contributed by atoms with Crippen LogP contribution in [0, 0.1) is 6.92 Å². The Bertz CT molecular complexity index is 516. The van der Waals surface area contributed by atoms with E-state index in [1.807, 2.05) is 13.8 Å². The number of rotatable bonds is 3. The largest absolute Gasteiger partial charge is 0.370 e. The number of hydrogen-bond donors (Lipinski definition) is 2. The van der Waals surface area contributed by atoms with Gasteiger partial charge in [-0.05, 0) is 32.4 Å². The maximum Gasteiger partial charge on any atom is 0.254 e. The Labute approximate surface area is 118 Å². The Hall–Kier alpha value is -2.11. The lowest BCUT2D eigenvalue weighted by Gasteiger charge is -2.19. The number of carbonyl (C=O) groups excluding carboxylic acids is 2. The van der Waals surface area contributed by atoms with E-state index in [1.165, 1.54) is 0 Å². The van der Waals surface area contributed by atoms with Gasteiger partial charge in [0.2, 0.25) is 5.91 Å². The van der Waals surface area contributed by atoms with Crippen molar-refractivity contribution in [1.29, 1.82) is 0 Å². The number of carbonyl (C=O) groups is 2. The molecule has 6 nitrogen and oxygen atoms in total. The molecule has 1 aromatic rings. The summed E-state index contributed by atoms with van der Waals surface area (Å²) in [6, 6.07) is 3.49. The van der Waals surface area contributed by atoms with Crippen LogP contribution in [0.25, 0.3) is 0 Å². The van der Waals surface area contributed by atoms with Crippen LogP contribution in [-0.4, -0.2) is 47.9 Å². The smallest absolute Gasteiger partial charge is 0.254 e. The van der Waals surface area contributed by atoms with Gasteiger partial charge in [0.25, 0.3) is 5.91 Å². The molecule has 6 heteroatoms. The zero-order valence-electron chi connectivity index (χ0n) is 11.9. The van der Waals surface area contributed by atoms with Gasteiger partial charge in [-0.25, -0.2) is 4.98 Å². The quantitative estimate of drug-likeness (QED) is 0.855. The van der Waals surface area contributed by atoms with Crippen LogP contribution in [0.15, 0.2) is 12.1 Å². The third kappa shape index (κ3) is 3.46. The summed E-state index contributed by atoms with van der Waals surface area (Å²) >= 11 is 0. The number of anilines is 1. The molecule has 1 fully saturated rings. The number of pyridine rings is 1. The highest BCUT2D eigenvalue weighted by Crippen LogP contribution is 2.13. The molecule has 1 aliphatic rings. The highest BCUT2D eigenvalue weighted by molar-refractivity contribution is 5.97. The Balaban J connectivity index is 2.21. The fraction of sp³-hybridized carbons (Fsp3) is 0.500. The Morgan fingerprint density at radius 3 is 3.05 bits per heavy atom. The molecule has 0 spiro atoms. The summed E-state index contributed by atoms with van der Waals surface area (Å²) in [5, 5.41) is 5.87. The first-order valence-corrected chi connectivity index (χ1v) is 6.88. The highest BCUT2D eigenvalue weighted by atomic mass is 16.2. The minimum absolute atomic E-state index is 0.103. The van der Waals surface area contributed by atoms with Crippen LogP contribution in [0.5, 0.6) is 0 Å². The van der Waals surface area contributed by atoms with Crippen molar-refractivity contribution in [1.82, 2.24) is 15.2 Å². The van der Waals surface area contributed by atoms with Gasteiger partial charge in [0.05, 0.1) is 6.54 Å². The zero-order valence-corrected chi connectivity index (χ0v) is 11.9. The average Bonchev–Trinajstić information content (AvgIpc) is 2.62. The fourth-order valence-corrected chi connectivity index (χ4v) is 2.23. The van der Waals surface area contributed by atoms with Crippen molar-refractivity contribution in [3.63, 3.8) is 0 Å². The molecule has 0 saturated carbocycles.